The van der Waals surface area contributed by atoms with Crippen LogP contribution in [0.15, 0.2) is 170 Å². The number of hydrogen-bond donors (Lipinski definition) is 1. The first-order valence-electron chi connectivity index (χ1n) is 23.4. The molecule has 63 heavy (non-hydrogen) atoms. The van der Waals surface area contributed by atoms with Gasteiger partial charge in [0.15, 0.2) is 0 Å². The highest BCUT2D eigenvalue weighted by atomic mass is 16.3. The predicted octanol–water partition coefficient (Wildman–Crippen LogP) is 16.0. The van der Waals surface area contributed by atoms with Crippen LogP contribution < -0.4 is 0 Å². The van der Waals surface area contributed by atoms with E-state index in [1.54, 1.807) is 12.1 Å². The molecule has 0 bridgehead atoms. The fraction of sp³-hybridized carbons (Fsp3) is 0.186. The lowest BCUT2D eigenvalue weighted by molar-refractivity contribution is 0.466. The van der Waals surface area contributed by atoms with E-state index in [0.717, 1.165) is 78.0 Å². The molecule has 312 valence electrons. The SMILES string of the molecule is [2H]C([2H])([2H])c1ccc(-n2c(-c3cc(C(C)C)cc(C(C)C)c3O)nc3c(-c4cc(-c5cc(-c6ccc(-c7ccccc7)cc6)ccn5)cc(C(C)(C)C)c4)cccc32)c(-c2ccccc2)c1. The third-order valence-corrected chi connectivity index (χ3v) is 12.2. The smallest absolute Gasteiger partial charge is 0.149 e. The number of phenolic OH excluding ortho intramolecular Hbond substituents is 1. The summed E-state index contributed by atoms with van der Waals surface area (Å²) in [6.45, 7) is 12.9. The molecule has 0 atom stereocenters. The van der Waals surface area contributed by atoms with E-state index in [9.17, 15) is 5.11 Å². The largest absolute Gasteiger partial charge is 0.507 e. The maximum absolute atomic E-state index is 12.3. The van der Waals surface area contributed by atoms with Crippen molar-refractivity contribution in [2.75, 3.05) is 0 Å². The van der Waals surface area contributed by atoms with Crippen molar-refractivity contribution >= 4 is 11.0 Å². The Kier molecular flexibility index (Phi) is 9.98. The minimum absolute atomic E-state index is 0.0496. The molecule has 4 heteroatoms. The van der Waals surface area contributed by atoms with Crippen LogP contribution in [0.25, 0.3) is 83.9 Å². The number of fused-ring (bicyclic) bond motifs is 1. The summed E-state index contributed by atoms with van der Waals surface area (Å²) in [6, 6.07) is 55.7. The number of hydrogen-bond acceptors (Lipinski definition) is 3. The first kappa shape index (κ1) is 37.7. The van der Waals surface area contributed by atoms with Gasteiger partial charge in [0, 0.05) is 27.0 Å². The number of nitrogens with zero attached hydrogens (tertiary/aromatic N) is 3. The predicted molar refractivity (Wildman–Crippen MR) is 265 cm³/mol. The number of phenols is 1. The number of imidazole rings is 1. The van der Waals surface area contributed by atoms with Gasteiger partial charge in [-0.1, -0.05) is 169 Å². The van der Waals surface area contributed by atoms with Crippen molar-refractivity contribution in [3.63, 3.8) is 0 Å². The molecule has 0 unspecified atom stereocenters. The Morgan fingerprint density at radius 2 is 1.22 bits per heavy atom. The molecule has 0 amide bonds. The van der Waals surface area contributed by atoms with Crippen LogP contribution in [0.2, 0.25) is 0 Å². The Morgan fingerprint density at radius 1 is 0.556 bits per heavy atom. The summed E-state index contributed by atoms with van der Waals surface area (Å²) in [5.74, 6) is 0.991. The van der Waals surface area contributed by atoms with E-state index < -0.39 is 6.85 Å². The van der Waals surface area contributed by atoms with Gasteiger partial charge in [0.2, 0.25) is 0 Å². The molecule has 0 aliphatic rings. The van der Waals surface area contributed by atoms with Gasteiger partial charge in [-0.25, -0.2) is 4.98 Å². The molecule has 9 rings (SSSR count). The summed E-state index contributed by atoms with van der Waals surface area (Å²) < 4.78 is 27.2. The zero-order valence-electron chi connectivity index (χ0n) is 40.1. The number of rotatable bonds is 9. The van der Waals surface area contributed by atoms with Crippen molar-refractivity contribution in [3.8, 4) is 78.6 Å². The van der Waals surface area contributed by atoms with Gasteiger partial charge in [-0.2, -0.15) is 0 Å². The zero-order chi connectivity index (χ0) is 46.5. The van der Waals surface area contributed by atoms with Gasteiger partial charge in [0.05, 0.1) is 28.0 Å². The Bertz CT molecular complexity index is 3210. The molecule has 0 aliphatic carbocycles. The summed E-state index contributed by atoms with van der Waals surface area (Å²) in [7, 11) is 0. The third-order valence-electron chi connectivity index (χ3n) is 12.2. The normalized spacial score (nSPS) is 12.7. The van der Waals surface area contributed by atoms with E-state index in [1.807, 2.05) is 48.7 Å². The van der Waals surface area contributed by atoms with Gasteiger partial charge < -0.3 is 5.11 Å². The van der Waals surface area contributed by atoms with Crippen molar-refractivity contribution in [1.29, 1.82) is 0 Å². The number of pyridine rings is 1. The second-order valence-corrected chi connectivity index (χ2v) is 18.3. The molecule has 0 aliphatic heterocycles. The summed E-state index contributed by atoms with van der Waals surface area (Å²) in [5, 5.41) is 12.3. The number of aromatic nitrogens is 3. The van der Waals surface area contributed by atoms with Crippen LogP contribution in [0.4, 0.5) is 0 Å². The van der Waals surface area contributed by atoms with Crippen LogP contribution in [0.5, 0.6) is 5.75 Å². The van der Waals surface area contributed by atoms with Crippen LogP contribution in [-0.4, -0.2) is 19.6 Å². The lowest BCUT2D eigenvalue weighted by Crippen LogP contribution is -2.11. The number of benzene rings is 7. The highest BCUT2D eigenvalue weighted by Gasteiger charge is 2.26. The van der Waals surface area contributed by atoms with Crippen LogP contribution in [-0.2, 0) is 5.41 Å². The van der Waals surface area contributed by atoms with E-state index in [2.05, 4.69) is 162 Å². The second-order valence-electron chi connectivity index (χ2n) is 18.3. The van der Waals surface area contributed by atoms with Gasteiger partial charge >= 0.3 is 0 Å². The molecule has 7 aromatic carbocycles. The molecule has 2 heterocycles. The minimum Gasteiger partial charge on any atom is -0.507 e. The molecule has 2 aromatic heterocycles. The van der Waals surface area contributed by atoms with Crippen molar-refractivity contribution < 1.29 is 9.22 Å². The molecule has 1 N–H and O–H groups in total. The summed E-state index contributed by atoms with van der Waals surface area (Å²) in [4.78, 5) is 10.5. The molecule has 0 fully saturated rings. The Labute approximate surface area is 376 Å². The molecular weight excluding hydrogens is 767 g/mol. The average Bonchev–Trinajstić information content (AvgIpc) is 3.70. The lowest BCUT2D eigenvalue weighted by atomic mass is 9.83. The average molecular weight is 825 g/mol. The maximum Gasteiger partial charge on any atom is 0.149 e. The highest BCUT2D eigenvalue weighted by Crippen LogP contribution is 2.44. The first-order chi connectivity index (χ1) is 31.5. The van der Waals surface area contributed by atoms with E-state index in [-0.39, 0.29) is 28.6 Å². The van der Waals surface area contributed by atoms with Crippen molar-refractivity contribution in [2.45, 2.75) is 72.6 Å². The van der Waals surface area contributed by atoms with Crippen LogP contribution in [0.1, 0.15) is 86.7 Å². The topological polar surface area (TPSA) is 50.9 Å². The quantitative estimate of drug-likeness (QED) is 0.158. The molecule has 0 saturated heterocycles. The fourth-order valence-corrected chi connectivity index (χ4v) is 8.58. The Hall–Kier alpha value is -7.04. The molecule has 9 aromatic rings. The Morgan fingerprint density at radius 3 is 1.89 bits per heavy atom. The van der Waals surface area contributed by atoms with Crippen LogP contribution >= 0.6 is 0 Å². The lowest BCUT2D eigenvalue weighted by Gasteiger charge is -2.22. The minimum atomic E-state index is -2.32. The van der Waals surface area contributed by atoms with E-state index >= 15 is 0 Å². The third kappa shape index (κ3) is 8.10. The monoisotopic (exact) mass is 824 g/mol. The van der Waals surface area contributed by atoms with Crippen molar-refractivity contribution in [2.24, 2.45) is 0 Å². The molecule has 0 spiro atoms. The fourth-order valence-electron chi connectivity index (χ4n) is 8.58. The molecule has 0 radical (unpaired) electrons. The standard InChI is InChI=1S/C59H55N3O/c1-37(2)45-34-50(38(3)4)57(63)52(35-45)58-61-56-49(20-15-21-55(56)62(58)54-27-22-39(5)30-51(54)43-18-13-10-14-19-43)46-31-47(33-48(32-46)59(6,7)8)53-36-44(28-29-60-53)42-25-23-41(24-26-42)40-16-11-9-12-17-40/h9-38,63H,1-8H3/i5D3. The van der Waals surface area contributed by atoms with Gasteiger partial charge in [-0.3, -0.25) is 9.55 Å². The Balaban J connectivity index is 1.28. The van der Waals surface area contributed by atoms with Gasteiger partial charge in [-0.15, -0.1) is 0 Å². The summed E-state index contributed by atoms with van der Waals surface area (Å²) in [6.07, 6.45) is 1.89. The second kappa shape index (κ2) is 16.7. The zero-order valence-corrected chi connectivity index (χ0v) is 37.1. The highest BCUT2D eigenvalue weighted by molar-refractivity contribution is 5.98. The summed E-state index contributed by atoms with van der Waals surface area (Å²) >= 11 is 0. The number of aromatic hydroxyl groups is 1. The van der Waals surface area contributed by atoms with E-state index in [4.69, 9.17) is 14.1 Å². The van der Waals surface area contributed by atoms with Gasteiger partial charge in [0.1, 0.15) is 11.6 Å². The summed E-state index contributed by atoms with van der Waals surface area (Å²) in [5.41, 5.74) is 16.0. The van der Waals surface area contributed by atoms with Crippen LogP contribution in [0, 0.1) is 6.85 Å². The van der Waals surface area contributed by atoms with E-state index in [0.29, 0.717) is 11.4 Å². The molecule has 0 saturated carbocycles. The number of aryl methyl sites for hydroxylation is 1. The maximum atomic E-state index is 12.3. The van der Waals surface area contributed by atoms with Crippen LogP contribution in [0.3, 0.4) is 0 Å². The van der Waals surface area contributed by atoms with Gasteiger partial charge in [-0.05, 0) is 123 Å². The van der Waals surface area contributed by atoms with Crippen molar-refractivity contribution in [3.05, 3.63) is 192 Å². The van der Waals surface area contributed by atoms with Crippen molar-refractivity contribution in [1.82, 2.24) is 14.5 Å². The first-order valence-corrected chi connectivity index (χ1v) is 21.9. The molecule has 4 nitrogen and oxygen atoms in total. The number of para-hydroxylation sites is 1. The van der Waals surface area contributed by atoms with E-state index in [1.165, 1.54) is 11.1 Å². The molecular formula is C59H55N3O. The van der Waals surface area contributed by atoms with Gasteiger partial charge in [0.25, 0.3) is 0 Å².